The Bertz CT molecular complexity index is 315. The minimum absolute atomic E-state index is 0.344. The molecular formula is C17H28O. The molecule has 1 nitrogen and oxygen atoms in total. The first-order valence-electron chi connectivity index (χ1n) is 7.46. The molecule has 0 aliphatic rings. The van der Waals surface area contributed by atoms with Gasteiger partial charge < -0.3 is 4.74 Å². The lowest BCUT2D eigenvalue weighted by Crippen LogP contribution is -2.23. The second kappa shape index (κ2) is 8.18. The molecule has 18 heavy (non-hydrogen) atoms. The summed E-state index contributed by atoms with van der Waals surface area (Å²) in [6.07, 6.45) is 6.30. The number of rotatable bonds is 8. The summed E-state index contributed by atoms with van der Waals surface area (Å²) in [5.41, 5.74) is 1.42. The summed E-state index contributed by atoms with van der Waals surface area (Å²) < 4.78 is 6.08. The van der Waals surface area contributed by atoms with Crippen molar-refractivity contribution in [2.75, 3.05) is 0 Å². The maximum atomic E-state index is 6.08. The number of benzene rings is 1. The molecule has 0 aliphatic carbocycles. The third-order valence-electron chi connectivity index (χ3n) is 3.71. The smallest absolute Gasteiger partial charge is 0.119 e. The van der Waals surface area contributed by atoms with Crippen LogP contribution in [-0.4, -0.2) is 6.10 Å². The number of ether oxygens (including phenoxy) is 1. The summed E-state index contributed by atoms with van der Waals surface area (Å²) in [4.78, 5) is 0. The Balaban J connectivity index is 2.56. The molecule has 0 saturated carbocycles. The van der Waals surface area contributed by atoms with E-state index in [1.54, 1.807) is 0 Å². The Labute approximate surface area is 113 Å². The first kappa shape index (κ1) is 15.1. The van der Waals surface area contributed by atoms with Crippen molar-refractivity contribution in [1.82, 2.24) is 0 Å². The minimum Gasteiger partial charge on any atom is -0.490 e. The molecule has 0 N–H and O–H groups in total. The fourth-order valence-electron chi connectivity index (χ4n) is 2.16. The summed E-state index contributed by atoms with van der Waals surface area (Å²) in [6, 6.07) is 8.65. The van der Waals surface area contributed by atoms with Crippen molar-refractivity contribution in [3.05, 3.63) is 29.8 Å². The largest absolute Gasteiger partial charge is 0.490 e. The zero-order valence-corrected chi connectivity index (χ0v) is 12.4. The lowest BCUT2D eigenvalue weighted by molar-refractivity contribution is 0.136. The fourth-order valence-corrected chi connectivity index (χ4v) is 2.16. The molecule has 0 spiro atoms. The Morgan fingerprint density at radius 1 is 1.00 bits per heavy atom. The summed E-state index contributed by atoms with van der Waals surface area (Å²) >= 11 is 0. The van der Waals surface area contributed by atoms with E-state index in [9.17, 15) is 0 Å². The van der Waals surface area contributed by atoms with Gasteiger partial charge >= 0.3 is 0 Å². The second-order valence-electron chi connectivity index (χ2n) is 5.20. The highest BCUT2D eigenvalue weighted by Gasteiger charge is 2.15. The summed E-state index contributed by atoms with van der Waals surface area (Å²) in [5.74, 6) is 1.64. The van der Waals surface area contributed by atoms with Crippen LogP contribution in [0.1, 0.15) is 58.9 Å². The van der Waals surface area contributed by atoms with Crippen LogP contribution in [0.25, 0.3) is 0 Å². The van der Waals surface area contributed by atoms with Gasteiger partial charge in [-0.15, -0.1) is 0 Å². The molecular weight excluding hydrogens is 220 g/mol. The molecule has 1 aromatic rings. The summed E-state index contributed by atoms with van der Waals surface area (Å²) in [5, 5.41) is 0. The van der Waals surface area contributed by atoms with E-state index in [0.29, 0.717) is 12.0 Å². The van der Waals surface area contributed by atoms with Crippen LogP contribution in [-0.2, 0) is 6.42 Å². The van der Waals surface area contributed by atoms with Crippen LogP contribution in [0.15, 0.2) is 24.3 Å². The zero-order chi connectivity index (χ0) is 13.4. The molecule has 0 fully saturated rings. The van der Waals surface area contributed by atoms with Crippen LogP contribution in [0, 0.1) is 5.92 Å². The molecule has 0 aliphatic heterocycles. The molecule has 1 aromatic carbocycles. The van der Waals surface area contributed by atoms with E-state index in [-0.39, 0.29) is 0 Å². The SMILES string of the molecule is CCCCc1ccc(OC(CC)C(C)CC)cc1. The van der Waals surface area contributed by atoms with Gasteiger partial charge in [-0.25, -0.2) is 0 Å². The van der Waals surface area contributed by atoms with Crippen LogP contribution in [0.3, 0.4) is 0 Å². The zero-order valence-electron chi connectivity index (χ0n) is 12.4. The normalized spacial score (nSPS) is 14.2. The van der Waals surface area contributed by atoms with Gasteiger partial charge in [-0.2, -0.15) is 0 Å². The molecule has 0 amide bonds. The maximum Gasteiger partial charge on any atom is 0.119 e. The van der Waals surface area contributed by atoms with Gasteiger partial charge in [-0.1, -0.05) is 52.7 Å². The number of unbranched alkanes of at least 4 members (excludes halogenated alkanes) is 1. The predicted molar refractivity (Wildman–Crippen MR) is 79.2 cm³/mol. The Morgan fingerprint density at radius 2 is 1.67 bits per heavy atom. The predicted octanol–water partition coefficient (Wildman–Crippen LogP) is 5.23. The Kier molecular flexibility index (Phi) is 6.85. The summed E-state index contributed by atoms with van der Waals surface area (Å²) in [7, 11) is 0. The van der Waals surface area contributed by atoms with Crippen molar-refractivity contribution in [3.63, 3.8) is 0 Å². The fraction of sp³-hybridized carbons (Fsp3) is 0.647. The van der Waals surface area contributed by atoms with Crippen LogP contribution in [0.2, 0.25) is 0 Å². The van der Waals surface area contributed by atoms with Crippen LogP contribution in [0.4, 0.5) is 0 Å². The van der Waals surface area contributed by atoms with Gasteiger partial charge in [0.25, 0.3) is 0 Å². The highest BCUT2D eigenvalue weighted by Crippen LogP contribution is 2.21. The minimum atomic E-state index is 0.344. The topological polar surface area (TPSA) is 9.23 Å². The van der Waals surface area contributed by atoms with Crippen molar-refractivity contribution in [2.45, 2.75) is 65.9 Å². The Morgan fingerprint density at radius 3 is 2.17 bits per heavy atom. The van der Waals surface area contributed by atoms with Crippen molar-refractivity contribution in [3.8, 4) is 5.75 Å². The van der Waals surface area contributed by atoms with Crippen molar-refractivity contribution >= 4 is 0 Å². The lowest BCUT2D eigenvalue weighted by Gasteiger charge is -2.23. The second-order valence-corrected chi connectivity index (χ2v) is 5.20. The van der Waals surface area contributed by atoms with Gasteiger partial charge in [0.2, 0.25) is 0 Å². The summed E-state index contributed by atoms with van der Waals surface area (Å²) in [6.45, 7) is 8.93. The van der Waals surface area contributed by atoms with E-state index in [1.807, 2.05) is 0 Å². The number of aryl methyl sites for hydroxylation is 1. The average Bonchev–Trinajstić information content (AvgIpc) is 2.43. The van der Waals surface area contributed by atoms with E-state index >= 15 is 0 Å². The highest BCUT2D eigenvalue weighted by molar-refractivity contribution is 5.27. The molecule has 0 radical (unpaired) electrons. The molecule has 1 heteroatoms. The van der Waals surface area contributed by atoms with Crippen LogP contribution in [0.5, 0.6) is 5.75 Å². The molecule has 102 valence electrons. The number of hydrogen-bond acceptors (Lipinski definition) is 1. The highest BCUT2D eigenvalue weighted by atomic mass is 16.5. The van der Waals surface area contributed by atoms with Gasteiger partial charge in [-0.05, 0) is 42.9 Å². The molecule has 0 aromatic heterocycles. The van der Waals surface area contributed by atoms with Gasteiger partial charge in [-0.3, -0.25) is 0 Å². The molecule has 2 atom stereocenters. The van der Waals surface area contributed by atoms with Crippen LogP contribution < -0.4 is 4.74 Å². The van der Waals surface area contributed by atoms with Crippen LogP contribution >= 0.6 is 0 Å². The third kappa shape index (κ3) is 4.72. The van der Waals surface area contributed by atoms with E-state index < -0.39 is 0 Å². The van der Waals surface area contributed by atoms with Crippen molar-refractivity contribution in [2.24, 2.45) is 5.92 Å². The maximum absolute atomic E-state index is 6.08. The molecule has 0 heterocycles. The standard InChI is InChI=1S/C17H28O/c1-5-8-9-15-10-12-16(13-11-15)18-17(7-3)14(4)6-2/h10-14,17H,5-9H2,1-4H3. The molecule has 0 saturated heterocycles. The number of hydrogen-bond donors (Lipinski definition) is 0. The quantitative estimate of drug-likeness (QED) is 0.612. The molecule has 2 unspecified atom stereocenters. The Hall–Kier alpha value is -0.980. The first-order chi connectivity index (χ1) is 8.71. The van der Waals surface area contributed by atoms with Crippen molar-refractivity contribution in [1.29, 1.82) is 0 Å². The van der Waals surface area contributed by atoms with E-state index in [0.717, 1.165) is 12.2 Å². The van der Waals surface area contributed by atoms with Crippen molar-refractivity contribution < 1.29 is 4.74 Å². The first-order valence-corrected chi connectivity index (χ1v) is 7.46. The van der Waals surface area contributed by atoms with E-state index in [1.165, 1.54) is 31.2 Å². The third-order valence-corrected chi connectivity index (χ3v) is 3.71. The van der Waals surface area contributed by atoms with E-state index in [2.05, 4.69) is 52.0 Å². The van der Waals surface area contributed by atoms with Gasteiger partial charge in [0.1, 0.15) is 11.9 Å². The van der Waals surface area contributed by atoms with Gasteiger partial charge in [0.15, 0.2) is 0 Å². The lowest BCUT2D eigenvalue weighted by atomic mass is 10.00. The molecule has 0 bridgehead atoms. The van der Waals surface area contributed by atoms with E-state index in [4.69, 9.17) is 4.74 Å². The van der Waals surface area contributed by atoms with Gasteiger partial charge in [0, 0.05) is 0 Å². The average molecular weight is 248 g/mol. The monoisotopic (exact) mass is 248 g/mol. The molecule has 1 rings (SSSR count). The van der Waals surface area contributed by atoms with Gasteiger partial charge in [0.05, 0.1) is 0 Å².